The van der Waals surface area contributed by atoms with E-state index in [1.807, 2.05) is 0 Å². The molecular weight excluding hydrogens is 236 g/mol. The Kier molecular flexibility index (Phi) is 5.45. The standard InChI is InChI=1S/C13H18O5/c1-9(2)18-13(15)8-17-12-5-4-11(16-3)6-10(12)7-14/h4-6,9,14H,7-8H2,1-3H3. The number of esters is 1. The molecule has 0 saturated heterocycles. The monoisotopic (exact) mass is 254 g/mol. The molecule has 0 radical (unpaired) electrons. The maximum absolute atomic E-state index is 11.3. The first kappa shape index (κ1) is 14.3. The molecule has 1 N–H and O–H groups in total. The average molecular weight is 254 g/mol. The highest BCUT2D eigenvalue weighted by Crippen LogP contribution is 2.24. The van der Waals surface area contributed by atoms with E-state index < -0.39 is 5.97 Å². The first-order valence-electron chi connectivity index (χ1n) is 5.67. The van der Waals surface area contributed by atoms with Crippen LogP contribution in [0.2, 0.25) is 0 Å². The molecule has 0 unspecified atom stereocenters. The Hall–Kier alpha value is -1.75. The predicted octanol–water partition coefficient (Wildman–Crippen LogP) is 1.52. The number of carbonyl (C=O) groups excluding carboxylic acids is 1. The van der Waals surface area contributed by atoms with E-state index in [-0.39, 0.29) is 19.3 Å². The first-order chi connectivity index (χ1) is 8.56. The molecule has 18 heavy (non-hydrogen) atoms. The summed E-state index contributed by atoms with van der Waals surface area (Å²) in [5.41, 5.74) is 0.562. The third-order valence-electron chi connectivity index (χ3n) is 2.15. The molecule has 100 valence electrons. The van der Waals surface area contributed by atoms with Crippen molar-refractivity contribution >= 4 is 5.97 Å². The van der Waals surface area contributed by atoms with Crippen LogP contribution < -0.4 is 9.47 Å². The lowest BCUT2D eigenvalue weighted by Gasteiger charge is -2.12. The minimum absolute atomic E-state index is 0.172. The van der Waals surface area contributed by atoms with Crippen molar-refractivity contribution in [3.05, 3.63) is 23.8 Å². The fraction of sp³-hybridized carbons (Fsp3) is 0.462. The molecule has 1 aromatic carbocycles. The molecule has 0 aromatic heterocycles. The Labute approximate surface area is 106 Å². The molecule has 5 heteroatoms. The van der Waals surface area contributed by atoms with Crippen molar-refractivity contribution in [2.45, 2.75) is 26.6 Å². The molecule has 0 bridgehead atoms. The third-order valence-corrected chi connectivity index (χ3v) is 2.15. The number of methoxy groups -OCH3 is 1. The number of benzene rings is 1. The highest BCUT2D eigenvalue weighted by molar-refractivity contribution is 5.71. The molecule has 0 aliphatic rings. The van der Waals surface area contributed by atoms with Crippen molar-refractivity contribution in [3.63, 3.8) is 0 Å². The van der Waals surface area contributed by atoms with Gasteiger partial charge in [0.25, 0.3) is 0 Å². The van der Waals surface area contributed by atoms with Gasteiger partial charge in [0.2, 0.25) is 0 Å². The van der Waals surface area contributed by atoms with Crippen LogP contribution in [-0.4, -0.2) is 30.9 Å². The summed E-state index contributed by atoms with van der Waals surface area (Å²) in [7, 11) is 1.54. The van der Waals surface area contributed by atoms with Gasteiger partial charge in [0.05, 0.1) is 19.8 Å². The van der Waals surface area contributed by atoms with Gasteiger partial charge in [-0.25, -0.2) is 4.79 Å². The van der Waals surface area contributed by atoms with Crippen LogP contribution in [0.4, 0.5) is 0 Å². The maximum atomic E-state index is 11.3. The van der Waals surface area contributed by atoms with Crippen LogP contribution in [0.25, 0.3) is 0 Å². The number of hydrogen-bond donors (Lipinski definition) is 1. The summed E-state index contributed by atoms with van der Waals surface area (Å²) in [6.45, 7) is 3.16. The fourth-order valence-electron chi connectivity index (χ4n) is 1.38. The first-order valence-corrected chi connectivity index (χ1v) is 5.67. The van der Waals surface area contributed by atoms with Crippen molar-refractivity contribution in [1.82, 2.24) is 0 Å². The minimum Gasteiger partial charge on any atom is -0.497 e. The van der Waals surface area contributed by atoms with Gasteiger partial charge in [0.15, 0.2) is 6.61 Å². The SMILES string of the molecule is COc1ccc(OCC(=O)OC(C)C)c(CO)c1. The summed E-state index contributed by atoms with van der Waals surface area (Å²) >= 11 is 0. The summed E-state index contributed by atoms with van der Waals surface area (Å²) in [4.78, 5) is 11.3. The zero-order valence-corrected chi connectivity index (χ0v) is 10.8. The Bertz CT molecular complexity index is 400. The maximum Gasteiger partial charge on any atom is 0.344 e. The average Bonchev–Trinajstić information content (AvgIpc) is 2.35. The summed E-state index contributed by atoms with van der Waals surface area (Å²) in [6, 6.07) is 5.00. The molecular formula is C13H18O5. The molecule has 0 heterocycles. The summed E-state index contributed by atoms with van der Waals surface area (Å²) in [5.74, 6) is 0.625. The zero-order chi connectivity index (χ0) is 13.5. The van der Waals surface area contributed by atoms with E-state index in [9.17, 15) is 9.90 Å². The number of ether oxygens (including phenoxy) is 3. The van der Waals surface area contributed by atoms with Gasteiger partial charge in [-0.05, 0) is 32.0 Å². The Morgan fingerprint density at radius 1 is 1.39 bits per heavy atom. The quantitative estimate of drug-likeness (QED) is 0.780. The smallest absolute Gasteiger partial charge is 0.344 e. The van der Waals surface area contributed by atoms with E-state index in [0.29, 0.717) is 17.1 Å². The van der Waals surface area contributed by atoms with Crippen molar-refractivity contribution in [2.75, 3.05) is 13.7 Å². The van der Waals surface area contributed by atoms with Gasteiger partial charge in [-0.15, -0.1) is 0 Å². The van der Waals surface area contributed by atoms with Gasteiger partial charge in [0, 0.05) is 5.56 Å². The Morgan fingerprint density at radius 3 is 2.67 bits per heavy atom. The number of rotatable bonds is 6. The topological polar surface area (TPSA) is 65.0 Å². The molecule has 0 atom stereocenters. The Morgan fingerprint density at radius 2 is 2.11 bits per heavy atom. The molecule has 0 amide bonds. The van der Waals surface area contributed by atoms with E-state index >= 15 is 0 Å². The van der Waals surface area contributed by atoms with E-state index in [4.69, 9.17) is 14.2 Å². The van der Waals surface area contributed by atoms with Crippen LogP contribution in [-0.2, 0) is 16.1 Å². The summed E-state index contributed by atoms with van der Waals surface area (Å²) in [5, 5.41) is 9.20. The highest BCUT2D eigenvalue weighted by Gasteiger charge is 2.09. The van der Waals surface area contributed by atoms with Crippen molar-refractivity contribution in [3.8, 4) is 11.5 Å². The van der Waals surface area contributed by atoms with Crippen molar-refractivity contribution in [1.29, 1.82) is 0 Å². The Balaban J connectivity index is 2.64. The second-order valence-electron chi connectivity index (χ2n) is 3.96. The minimum atomic E-state index is -0.440. The summed E-state index contributed by atoms with van der Waals surface area (Å²) in [6.07, 6.45) is -0.172. The van der Waals surface area contributed by atoms with E-state index in [1.54, 1.807) is 32.0 Å². The second-order valence-corrected chi connectivity index (χ2v) is 3.96. The van der Waals surface area contributed by atoms with Crippen LogP contribution in [0.1, 0.15) is 19.4 Å². The molecule has 1 rings (SSSR count). The number of carbonyl (C=O) groups is 1. The molecule has 0 saturated carbocycles. The van der Waals surface area contributed by atoms with Crippen LogP contribution in [0, 0.1) is 0 Å². The van der Waals surface area contributed by atoms with Gasteiger partial charge in [-0.2, -0.15) is 0 Å². The normalized spacial score (nSPS) is 10.3. The summed E-state index contributed by atoms with van der Waals surface area (Å²) < 4.78 is 15.3. The molecule has 0 aliphatic heterocycles. The largest absolute Gasteiger partial charge is 0.497 e. The lowest BCUT2D eigenvalue weighted by molar-refractivity contribution is -0.149. The van der Waals surface area contributed by atoms with Crippen molar-refractivity contribution < 1.29 is 24.1 Å². The lowest BCUT2D eigenvalue weighted by atomic mass is 10.2. The van der Waals surface area contributed by atoms with E-state index in [1.165, 1.54) is 7.11 Å². The van der Waals surface area contributed by atoms with Gasteiger partial charge >= 0.3 is 5.97 Å². The third kappa shape index (κ3) is 4.25. The van der Waals surface area contributed by atoms with Gasteiger partial charge < -0.3 is 19.3 Å². The zero-order valence-electron chi connectivity index (χ0n) is 10.8. The number of aliphatic hydroxyl groups is 1. The predicted molar refractivity (Wildman–Crippen MR) is 65.6 cm³/mol. The lowest BCUT2D eigenvalue weighted by Crippen LogP contribution is -2.19. The highest BCUT2D eigenvalue weighted by atomic mass is 16.6. The van der Waals surface area contributed by atoms with Crippen LogP contribution >= 0.6 is 0 Å². The van der Waals surface area contributed by atoms with Gasteiger partial charge in [0.1, 0.15) is 11.5 Å². The number of hydrogen-bond acceptors (Lipinski definition) is 5. The van der Waals surface area contributed by atoms with Gasteiger partial charge in [-0.3, -0.25) is 0 Å². The van der Waals surface area contributed by atoms with Gasteiger partial charge in [-0.1, -0.05) is 0 Å². The van der Waals surface area contributed by atoms with Crippen molar-refractivity contribution in [2.24, 2.45) is 0 Å². The van der Waals surface area contributed by atoms with E-state index in [2.05, 4.69) is 0 Å². The van der Waals surface area contributed by atoms with E-state index in [0.717, 1.165) is 0 Å². The fourth-order valence-corrected chi connectivity index (χ4v) is 1.38. The van der Waals surface area contributed by atoms with Crippen LogP contribution in [0.5, 0.6) is 11.5 Å². The van der Waals surface area contributed by atoms with Crippen LogP contribution in [0.3, 0.4) is 0 Å². The molecule has 1 aromatic rings. The molecule has 5 nitrogen and oxygen atoms in total. The number of aliphatic hydroxyl groups excluding tert-OH is 1. The van der Waals surface area contributed by atoms with Crippen LogP contribution in [0.15, 0.2) is 18.2 Å². The molecule has 0 fully saturated rings. The second kappa shape index (κ2) is 6.86. The molecule has 0 spiro atoms. The molecule has 0 aliphatic carbocycles.